The van der Waals surface area contributed by atoms with Crippen molar-refractivity contribution in [2.75, 3.05) is 36.7 Å². The molecule has 0 radical (unpaired) electrons. The SMILES string of the molecule is COC(=O)C(CCSC)NC(=O)c1ccc(NCC(N)CS)cc1-c1ccccc1.Cl.Cl. The first-order valence-electron chi connectivity index (χ1n) is 9.67. The van der Waals surface area contributed by atoms with Crippen LogP contribution in [0.2, 0.25) is 0 Å². The van der Waals surface area contributed by atoms with Crippen LogP contribution in [0.5, 0.6) is 0 Å². The van der Waals surface area contributed by atoms with Gasteiger partial charge >= 0.3 is 5.97 Å². The number of amides is 1. The Morgan fingerprint density at radius 2 is 1.84 bits per heavy atom. The van der Waals surface area contributed by atoms with Gasteiger partial charge in [-0.05, 0) is 47.8 Å². The number of halogens is 2. The Bertz CT molecular complexity index is 844. The van der Waals surface area contributed by atoms with Gasteiger partial charge < -0.3 is 21.1 Å². The molecule has 0 aliphatic rings. The maximum absolute atomic E-state index is 13.1. The van der Waals surface area contributed by atoms with Crippen LogP contribution >= 0.6 is 49.2 Å². The summed E-state index contributed by atoms with van der Waals surface area (Å²) in [5.41, 5.74) is 8.96. The van der Waals surface area contributed by atoms with Crippen molar-refractivity contribution in [1.29, 1.82) is 0 Å². The Morgan fingerprint density at radius 3 is 2.44 bits per heavy atom. The summed E-state index contributed by atoms with van der Waals surface area (Å²) in [5.74, 6) is 0.547. The summed E-state index contributed by atoms with van der Waals surface area (Å²) in [5, 5.41) is 6.12. The van der Waals surface area contributed by atoms with E-state index in [2.05, 4.69) is 23.3 Å². The van der Waals surface area contributed by atoms with E-state index in [-0.39, 0.29) is 36.8 Å². The first kappa shape index (κ1) is 30.4. The molecule has 0 bridgehead atoms. The summed E-state index contributed by atoms with van der Waals surface area (Å²) in [4.78, 5) is 25.2. The Labute approximate surface area is 212 Å². The van der Waals surface area contributed by atoms with Crippen LogP contribution in [0.3, 0.4) is 0 Å². The fourth-order valence-corrected chi connectivity index (χ4v) is 3.49. The molecular weight excluding hydrogens is 489 g/mol. The second kappa shape index (κ2) is 16.1. The maximum atomic E-state index is 13.1. The fourth-order valence-electron chi connectivity index (χ4n) is 2.89. The third kappa shape index (κ3) is 9.11. The first-order chi connectivity index (χ1) is 14.5. The number of benzene rings is 2. The van der Waals surface area contributed by atoms with Crippen LogP contribution in [0.25, 0.3) is 11.1 Å². The van der Waals surface area contributed by atoms with E-state index in [1.54, 1.807) is 17.8 Å². The van der Waals surface area contributed by atoms with E-state index in [0.717, 1.165) is 22.6 Å². The second-order valence-corrected chi connectivity index (χ2v) is 8.13. The summed E-state index contributed by atoms with van der Waals surface area (Å²) in [7, 11) is 1.33. The van der Waals surface area contributed by atoms with Crippen molar-refractivity contribution >= 4 is 66.8 Å². The van der Waals surface area contributed by atoms with Crippen molar-refractivity contribution in [3.05, 3.63) is 54.1 Å². The molecule has 0 spiro atoms. The molecule has 1 amide bonds. The van der Waals surface area contributed by atoms with Crippen LogP contribution in [0, 0.1) is 0 Å². The van der Waals surface area contributed by atoms with Gasteiger partial charge in [0, 0.05) is 29.6 Å². The van der Waals surface area contributed by atoms with E-state index < -0.39 is 12.0 Å². The minimum Gasteiger partial charge on any atom is -0.467 e. The minimum absolute atomic E-state index is 0. The number of hydrogen-bond donors (Lipinski definition) is 4. The summed E-state index contributed by atoms with van der Waals surface area (Å²) in [6.45, 7) is 0.572. The molecule has 0 aliphatic carbocycles. The molecular formula is C22H31Cl2N3O3S2. The van der Waals surface area contributed by atoms with Gasteiger partial charge in [0.1, 0.15) is 6.04 Å². The highest BCUT2D eigenvalue weighted by Crippen LogP contribution is 2.27. The van der Waals surface area contributed by atoms with Gasteiger partial charge in [-0.3, -0.25) is 4.79 Å². The smallest absolute Gasteiger partial charge is 0.328 e. The van der Waals surface area contributed by atoms with Crippen molar-refractivity contribution < 1.29 is 14.3 Å². The average molecular weight is 521 g/mol. The number of thioether (sulfide) groups is 1. The molecule has 2 unspecified atom stereocenters. The van der Waals surface area contributed by atoms with Crippen LogP contribution in [-0.2, 0) is 9.53 Å². The Balaban J connectivity index is 0.00000480. The molecule has 0 fully saturated rings. The van der Waals surface area contributed by atoms with E-state index in [1.807, 2.05) is 48.7 Å². The van der Waals surface area contributed by atoms with Crippen LogP contribution in [-0.4, -0.2) is 55.4 Å². The highest BCUT2D eigenvalue weighted by atomic mass is 35.5. The normalized spacial score (nSPS) is 11.9. The van der Waals surface area contributed by atoms with Crippen LogP contribution in [0.15, 0.2) is 48.5 Å². The number of nitrogens with one attached hydrogen (secondary N) is 2. The number of anilines is 1. The van der Waals surface area contributed by atoms with Crippen molar-refractivity contribution in [1.82, 2.24) is 5.32 Å². The molecule has 178 valence electrons. The van der Waals surface area contributed by atoms with Crippen molar-refractivity contribution in [3.8, 4) is 11.1 Å². The molecule has 10 heteroatoms. The van der Waals surface area contributed by atoms with E-state index in [4.69, 9.17) is 10.5 Å². The third-order valence-corrected chi connectivity index (χ3v) is 5.67. The van der Waals surface area contributed by atoms with E-state index in [1.165, 1.54) is 7.11 Å². The third-order valence-electron chi connectivity index (χ3n) is 4.55. The van der Waals surface area contributed by atoms with Gasteiger partial charge in [0.2, 0.25) is 0 Å². The van der Waals surface area contributed by atoms with Crippen LogP contribution < -0.4 is 16.4 Å². The number of ether oxygens (including phenoxy) is 1. The van der Waals surface area contributed by atoms with Crippen LogP contribution in [0.4, 0.5) is 5.69 Å². The number of thiol groups is 1. The molecule has 0 aliphatic heterocycles. The Hall–Kier alpha value is -1.58. The average Bonchev–Trinajstić information content (AvgIpc) is 2.79. The van der Waals surface area contributed by atoms with Crippen molar-refractivity contribution in [3.63, 3.8) is 0 Å². The van der Waals surface area contributed by atoms with E-state index in [0.29, 0.717) is 24.3 Å². The van der Waals surface area contributed by atoms with Gasteiger partial charge in [-0.2, -0.15) is 24.4 Å². The zero-order chi connectivity index (χ0) is 21.9. The standard InChI is InChI=1S/C22H29N3O3S2.2ClH/c1-28-22(27)20(10-11-30-2)25-21(26)18-9-8-17(24-13-16(23)14-29)12-19(18)15-6-4-3-5-7-15;;/h3-9,12,16,20,24,29H,10-11,13-14,23H2,1-2H3,(H,25,26);2*1H. The van der Waals surface area contributed by atoms with Gasteiger partial charge in [0.05, 0.1) is 7.11 Å². The molecule has 2 atom stereocenters. The molecule has 0 saturated carbocycles. The van der Waals surface area contributed by atoms with Gasteiger partial charge in [-0.25, -0.2) is 4.79 Å². The van der Waals surface area contributed by atoms with Gasteiger partial charge in [-0.1, -0.05) is 30.3 Å². The predicted octanol–water partition coefficient (Wildman–Crippen LogP) is 3.89. The van der Waals surface area contributed by atoms with E-state index in [9.17, 15) is 9.59 Å². The lowest BCUT2D eigenvalue weighted by Crippen LogP contribution is -2.42. The van der Waals surface area contributed by atoms with Crippen molar-refractivity contribution in [2.45, 2.75) is 18.5 Å². The second-order valence-electron chi connectivity index (χ2n) is 6.78. The number of methoxy groups -OCH3 is 1. The Kier molecular flexibility index (Phi) is 15.3. The summed E-state index contributed by atoms with van der Waals surface area (Å²) < 4.78 is 4.85. The summed E-state index contributed by atoms with van der Waals surface area (Å²) >= 11 is 5.82. The predicted molar refractivity (Wildman–Crippen MR) is 143 cm³/mol. The summed E-state index contributed by atoms with van der Waals surface area (Å²) in [6, 6.07) is 14.4. The van der Waals surface area contributed by atoms with Gasteiger partial charge in [0.25, 0.3) is 5.91 Å². The zero-order valence-electron chi connectivity index (χ0n) is 18.1. The molecule has 4 N–H and O–H groups in total. The maximum Gasteiger partial charge on any atom is 0.328 e. The Morgan fingerprint density at radius 1 is 1.16 bits per heavy atom. The fraction of sp³-hybridized carbons (Fsp3) is 0.364. The van der Waals surface area contributed by atoms with Crippen LogP contribution in [0.1, 0.15) is 16.8 Å². The molecule has 0 saturated heterocycles. The lowest BCUT2D eigenvalue weighted by atomic mass is 9.98. The molecule has 6 nitrogen and oxygen atoms in total. The van der Waals surface area contributed by atoms with E-state index >= 15 is 0 Å². The largest absolute Gasteiger partial charge is 0.467 e. The number of hydrogen-bond acceptors (Lipinski definition) is 7. The molecule has 2 rings (SSSR count). The topological polar surface area (TPSA) is 93.4 Å². The summed E-state index contributed by atoms with van der Waals surface area (Å²) in [6.07, 6.45) is 2.45. The highest BCUT2D eigenvalue weighted by Gasteiger charge is 2.23. The zero-order valence-corrected chi connectivity index (χ0v) is 21.4. The number of nitrogens with two attached hydrogens (primary N) is 1. The lowest BCUT2D eigenvalue weighted by Gasteiger charge is -2.19. The number of carbonyl (C=O) groups excluding carboxylic acids is 2. The molecule has 0 heterocycles. The number of rotatable bonds is 11. The highest BCUT2D eigenvalue weighted by molar-refractivity contribution is 7.98. The van der Waals surface area contributed by atoms with Gasteiger partial charge in [0.15, 0.2) is 0 Å². The number of carbonyl (C=O) groups is 2. The molecule has 0 aromatic heterocycles. The molecule has 2 aromatic rings. The molecule has 32 heavy (non-hydrogen) atoms. The molecule has 2 aromatic carbocycles. The monoisotopic (exact) mass is 519 g/mol. The van der Waals surface area contributed by atoms with Gasteiger partial charge in [-0.15, -0.1) is 24.8 Å². The quantitative estimate of drug-likeness (QED) is 0.265. The number of esters is 1. The first-order valence-corrected chi connectivity index (χ1v) is 11.7. The van der Waals surface area contributed by atoms with Crippen molar-refractivity contribution in [2.24, 2.45) is 5.73 Å². The minimum atomic E-state index is -0.690. The lowest BCUT2D eigenvalue weighted by molar-refractivity contribution is -0.142.